The molecule has 2 aromatic heterocycles. The maximum Gasteiger partial charge on any atom is 0.0448 e. The van der Waals surface area contributed by atoms with Gasteiger partial charge in [-0.2, -0.15) is 0 Å². The van der Waals surface area contributed by atoms with Crippen LogP contribution in [0.4, 0.5) is 0 Å². The lowest BCUT2D eigenvalue weighted by molar-refractivity contribution is 1.63. The van der Waals surface area contributed by atoms with Gasteiger partial charge in [0.25, 0.3) is 0 Å². The lowest BCUT2D eigenvalue weighted by Crippen LogP contribution is -1.91. The molecule has 0 spiro atoms. The summed E-state index contributed by atoms with van der Waals surface area (Å²) < 4.78 is 5.46. The summed E-state index contributed by atoms with van der Waals surface area (Å²) in [5.74, 6) is 0. The summed E-state index contributed by atoms with van der Waals surface area (Å²) in [7, 11) is 0. The average molecular weight is 719 g/mol. The molecule has 54 heavy (non-hydrogen) atoms. The molecule has 0 amide bonds. The van der Waals surface area contributed by atoms with Crippen molar-refractivity contribution < 1.29 is 0 Å². The van der Waals surface area contributed by atoms with Crippen LogP contribution in [0.15, 0.2) is 182 Å². The topological polar surface area (TPSA) is 0 Å². The molecule has 0 N–H and O–H groups in total. The summed E-state index contributed by atoms with van der Waals surface area (Å²) in [5, 5.41) is 15.7. The average Bonchev–Trinajstić information content (AvgIpc) is 3.81. The zero-order chi connectivity index (χ0) is 35.3. The van der Waals surface area contributed by atoms with Gasteiger partial charge in [0.2, 0.25) is 0 Å². The van der Waals surface area contributed by atoms with Crippen molar-refractivity contribution in [1.82, 2.24) is 0 Å². The number of fused-ring (bicyclic) bond motifs is 12. The van der Waals surface area contributed by atoms with Crippen LogP contribution in [-0.4, -0.2) is 0 Å². The smallest absolute Gasteiger partial charge is 0.0448 e. The van der Waals surface area contributed by atoms with Crippen LogP contribution in [0.2, 0.25) is 0 Å². The molecular weight excluding hydrogens is 689 g/mol. The van der Waals surface area contributed by atoms with Gasteiger partial charge >= 0.3 is 0 Å². The fourth-order valence-electron chi connectivity index (χ4n) is 8.95. The summed E-state index contributed by atoms with van der Waals surface area (Å²) in [4.78, 5) is 0. The first kappa shape index (κ1) is 30.2. The zero-order valence-electron chi connectivity index (χ0n) is 29.1. The quantitative estimate of drug-likeness (QED) is 0.160. The monoisotopic (exact) mass is 718 g/mol. The van der Waals surface area contributed by atoms with Crippen LogP contribution >= 0.6 is 22.7 Å². The Kier molecular flexibility index (Phi) is 6.48. The summed E-state index contributed by atoms with van der Waals surface area (Å²) >= 11 is 3.86. The molecule has 12 rings (SSSR count). The Balaban J connectivity index is 1.07. The van der Waals surface area contributed by atoms with Crippen LogP contribution in [0.25, 0.3) is 117 Å². The third-order valence-electron chi connectivity index (χ3n) is 11.4. The minimum Gasteiger partial charge on any atom is -0.134 e. The molecule has 0 saturated carbocycles. The van der Waals surface area contributed by atoms with Gasteiger partial charge in [-0.15, -0.1) is 22.7 Å². The highest BCUT2D eigenvalue weighted by atomic mass is 32.1. The standard InChI is InChI=1S/C52H30S2/c1-2-12-33-28-35(21-20-31(33)10-1)34-13-9-14-36(29-34)48-39-16-5-7-18-41(39)49(42-19-8-6-17-40(42)48)37-23-26-46-45(30-37)43-25-27-47-50(52(43)53-46)44-24-22-32-11-3-4-15-38(32)51(44)54-47/h1-30H. The maximum absolute atomic E-state index is 2.46. The molecule has 0 nitrogen and oxygen atoms in total. The summed E-state index contributed by atoms with van der Waals surface area (Å²) in [6.45, 7) is 0. The van der Waals surface area contributed by atoms with E-state index < -0.39 is 0 Å². The number of benzene rings is 10. The molecule has 0 aliphatic heterocycles. The third kappa shape index (κ3) is 4.42. The molecule has 12 aromatic rings. The Morgan fingerprint density at radius 3 is 1.56 bits per heavy atom. The Bertz CT molecular complexity index is 3450. The molecule has 0 fully saturated rings. The largest absolute Gasteiger partial charge is 0.134 e. The first-order valence-electron chi connectivity index (χ1n) is 18.5. The third-order valence-corrected chi connectivity index (χ3v) is 13.8. The van der Waals surface area contributed by atoms with Crippen molar-refractivity contribution in [3.8, 4) is 33.4 Å². The molecule has 0 atom stereocenters. The van der Waals surface area contributed by atoms with Gasteiger partial charge in [-0.1, -0.05) is 152 Å². The molecule has 0 bridgehead atoms. The number of hydrogen-bond donors (Lipinski definition) is 0. The second kappa shape index (κ2) is 11.6. The van der Waals surface area contributed by atoms with Crippen LogP contribution in [0.5, 0.6) is 0 Å². The lowest BCUT2D eigenvalue weighted by atomic mass is 9.85. The first-order valence-corrected chi connectivity index (χ1v) is 20.1. The minimum atomic E-state index is 1.23. The van der Waals surface area contributed by atoms with Crippen LogP contribution in [0.3, 0.4) is 0 Å². The maximum atomic E-state index is 2.46. The highest BCUT2D eigenvalue weighted by Gasteiger charge is 2.19. The molecule has 2 heterocycles. The number of rotatable bonds is 3. The van der Waals surface area contributed by atoms with Gasteiger partial charge in [0.15, 0.2) is 0 Å². The van der Waals surface area contributed by atoms with E-state index in [9.17, 15) is 0 Å². The molecule has 0 unspecified atom stereocenters. The molecule has 0 radical (unpaired) electrons. The zero-order valence-corrected chi connectivity index (χ0v) is 30.8. The SMILES string of the molecule is c1cc(-c2ccc3ccccc3c2)cc(-c2c3ccccc3c(-c3ccc4sc5c(ccc6sc7c8ccccc8ccc7c65)c4c3)c3ccccc23)c1. The van der Waals surface area contributed by atoms with Crippen molar-refractivity contribution in [2.75, 3.05) is 0 Å². The van der Waals surface area contributed by atoms with Gasteiger partial charge in [-0.05, 0) is 107 Å². The van der Waals surface area contributed by atoms with Crippen LogP contribution in [0.1, 0.15) is 0 Å². The summed E-state index contributed by atoms with van der Waals surface area (Å²) in [6.07, 6.45) is 0. The van der Waals surface area contributed by atoms with Crippen molar-refractivity contribution in [1.29, 1.82) is 0 Å². The lowest BCUT2D eigenvalue weighted by Gasteiger charge is -2.18. The van der Waals surface area contributed by atoms with E-state index in [2.05, 4.69) is 182 Å². The van der Waals surface area contributed by atoms with Gasteiger partial charge < -0.3 is 0 Å². The first-order chi connectivity index (χ1) is 26.8. The van der Waals surface area contributed by atoms with E-state index in [-0.39, 0.29) is 0 Å². The van der Waals surface area contributed by atoms with Crippen molar-refractivity contribution in [2.24, 2.45) is 0 Å². The molecule has 0 aliphatic carbocycles. The fraction of sp³-hybridized carbons (Fsp3) is 0. The Hall–Kier alpha value is -6.32. The summed E-state index contributed by atoms with van der Waals surface area (Å²) in [5.41, 5.74) is 7.54. The van der Waals surface area contributed by atoms with E-state index in [0.29, 0.717) is 0 Å². The fourth-order valence-corrected chi connectivity index (χ4v) is 11.5. The highest BCUT2D eigenvalue weighted by Crippen LogP contribution is 2.49. The normalized spacial score (nSPS) is 12.1. The number of thiophene rings is 2. The molecule has 0 aliphatic rings. The van der Waals surface area contributed by atoms with Gasteiger partial charge in [0, 0.05) is 40.3 Å². The van der Waals surface area contributed by atoms with E-state index in [1.54, 1.807) is 0 Å². The highest BCUT2D eigenvalue weighted by molar-refractivity contribution is 7.30. The molecule has 0 saturated heterocycles. The molecule has 250 valence electrons. The Labute approximate surface area is 319 Å². The van der Waals surface area contributed by atoms with Crippen LogP contribution in [-0.2, 0) is 0 Å². The van der Waals surface area contributed by atoms with E-state index >= 15 is 0 Å². The second-order valence-electron chi connectivity index (χ2n) is 14.4. The number of hydrogen-bond acceptors (Lipinski definition) is 2. The Morgan fingerprint density at radius 1 is 0.259 bits per heavy atom. The van der Waals surface area contributed by atoms with Gasteiger partial charge in [0.05, 0.1) is 0 Å². The van der Waals surface area contributed by atoms with Crippen molar-refractivity contribution in [3.05, 3.63) is 182 Å². The summed E-state index contributed by atoms with van der Waals surface area (Å²) in [6, 6.07) is 67.8. The van der Waals surface area contributed by atoms with E-state index in [0.717, 1.165) is 0 Å². The van der Waals surface area contributed by atoms with Gasteiger partial charge in [-0.3, -0.25) is 0 Å². The van der Waals surface area contributed by atoms with Gasteiger partial charge in [0.1, 0.15) is 0 Å². The molecule has 10 aromatic carbocycles. The van der Waals surface area contributed by atoms with Crippen LogP contribution in [0, 0.1) is 0 Å². The molecule has 2 heteroatoms. The van der Waals surface area contributed by atoms with Crippen molar-refractivity contribution in [2.45, 2.75) is 0 Å². The van der Waals surface area contributed by atoms with Gasteiger partial charge in [-0.25, -0.2) is 0 Å². The molecular formula is C52H30S2. The van der Waals surface area contributed by atoms with E-state index in [1.807, 2.05) is 22.7 Å². The second-order valence-corrected chi connectivity index (χ2v) is 16.5. The predicted molar refractivity (Wildman–Crippen MR) is 239 cm³/mol. The minimum absolute atomic E-state index is 1.23. The van der Waals surface area contributed by atoms with E-state index in [1.165, 1.54) is 117 Å². The van der Waals surface area contributed by atoms with Crippen molar-refractivity contribution >= 4 is 106 Å². The predicted octanol–water partition coefficient (Wildman–Crippen LogP) is 16.0. The van der Waals surface area contributed by atoms with Crippen molar-refractivity contribution in [3.63, 3.8) is 0 Å². The van der Waals surface area contributed by atoms with E-state index in [4.69, 9.17) is 0 Å². The van der Waals surface area contributed by atoms with Crippen LogP contribution < -0.4 is 0 Å². The Morgan fingerprint density at radius 2 is 0.796 bits per heavy atom.